The van der Waals surface area contributed by atoms with Crippen molar-refractivity contribution >= 4 is 12.0 Å². The second-order valence-electron chi connectivity index (χ2n) is 5.98. The van der Waals surface area contributed by atoms with Crippen molar-refractivity contribution in [2.75, 3.05) is 0 Å². The van der Waals surface area contributed by atoms with Crippen molar-refractivity contribution < 1.29 is 32.5 Å². The summed E-state index contributed by atoms with van der Waals surface area (Å²) < 4.78 is 50.2. The zero-order valence-electron chi connectivity index (χ0n) is 13.9. The largest absolute Gasteiger partial charge is 0.478 e. The fourth-order valence-corrected chi connectivity index (χ4v) is 2.63. The number of aliphatic carboxylic acids is 1. The molecule has 1 N–H and O–H groups in total. The van der Waals surface area contributed by atoms with E-state index in [1.165, 1.54) is 12.1 Å². The smallest absolute Gasteiger partial charge is 0.430 e. The molecule has 0 radical (unpaired) electrons. The van der Waals surface area contributed by atoms with E-state index in [0.29, 0.717) is 5.75 Å². The Labute approximate surface area is 147 Å². The molecule has 1 unspecified atom stereocenters. The molecule has 0 amide bonds. The van der Waals surface area contributed by atoms with E-state index >= 15 is 0 Å². The highest BCUT2D eigenvalue weighted by Gasteiger charge is 2.48. The first-order valence-corrected chi connectivity index (χ1v) is 7.73. The second kappa shape index (κ2) is 6.40. The van der Waals surface area contributed by atoms with Crippen LogP contribution in [0.4, 0.5) is 13.2 Å². The molecule has 3 rings (SSSR count). The normalized spacial score (nSPS) is 16.3. The van der Waals surface area contributed by atoms with Crippen LogP contribution in [-0.4, -0.2) is 23.4 Å². The number of rotatable bonds is 3. The summed E-state index contributed by atoms with van der Waals surface area (Å²) in [7, 11) is 0. The van der Waals surface area contributed by atoms with Crippen molar-refractivity contribution in [1.82, 2.24) is 0 Å². The van der Waals surface area contributed by atoms with Crippen LogP contribution in [0.5, 0.6) is 17.2 Å². The lowest BCUT2D eigenvalue weighted by atomic mass is 10.0. The van der Waals surface area contributed by atoms with E-state index in [9.17, 15) is 18.0 Å². The number of alkyl halides is 3. The minimum atomic E-state index is -4.84. The van der Waals surface area contributed by atoms with E-state index in [0.717, 1.165) is 17.2 Å². The number of ether oxygens (including phenoxy) is 2. The van der Waals surface area contributed by atoms with Crippen LogP contribution in [0.3, 0.4) is 0 Å². The Bertz CT molecular complexity index is 900. The number of halogens is 3. The van der Waals surface area contributed by atoms with Crippen LogP contribution in [0.15, 0.2) is 42.0 Å². The molecule has 1 atom stereocenters. The number of carboxylic acid groups (broad SMARTS) is 1. The van der Waals surface area contributed by atoms with Gasteiger partial charge in [-0.25, -0.2) is 4.79 Å². The first-order chi connectivity index (χ1) is 12.2. The average Bonchev–Trinajstić information content (AvgIpc) is 2.56. The third-order valence-electron chi connectivity index (χ3n) is 3.96. The molecule has 0 saturated heterocycles. The summed E-state index contributed by atoms with van der Waals surface area (Å²) >= 11 is 0. The maximum atomic E-state index is 13.1. The monoisotopic (exact) mass is 364 g/mol. The molecule has 1 aliphatic rings. The Morgan fingerprint density at radius 3 is 2.54 bits per heavy atom. The van der Waals surface area contributed by atoms with Crippen LogP contribution in [-0.2, 0) is 4.79 Å². The molecular weight excluding hydrogens is 349 g/mol. The predicted molar refractivity (Wildman–Crippen MR) is 88.5 cm³/mol. The highest BCUT2D eigenvalue weighted by Crippen LogP contribution is 2.42. The molecule has 4 nitrogen and oxygen atoms in total. The number of carboxylic acids is 1. The second-order valence-corrected chi connectivity index (χ2v) is 5.98. The summed E-state index contributed by atoms with van der Waals surface area (Å²) in [4.78, 5) is 11.3. The van der Waals surface area contributed by atoms with Gasteiger partial charge in [0.25, 0.3) is 0 Å². The molecule has 0 fully saturated rings. The third kappa shape index (κ3) is 3.37. The lowest BCUT2D eigenvalue weighted by Gasteiger charge is -2.27. The minimum absolute atomic E-state index is 0.0832. The highest BCUT2D eigenvalue weighted by molar-refractivity contribution is 5.95. The molecule has 26 heavy (non-hydrogen) atoms. The summed E-state index contributed by atoms with van der Waals surface area (Å²) in [6.45, 7) is 3.71. The maximum absolute atomic E-state index is 13.1. The average molecular weight is 364 g/mol. The van der Waals surface area contributed by atoms with Gasteiger partial charge in [0.1, 0.15) is 17.2 Å². The summed E-state index contributed by atoms with van der Waals surface area (Å²) in [6, 6.07) is 9.94. The first-order valence-electron chi connectivity index (χ1n) is 7.73. The van der Waals surface area contributed by atoms with Crippen molar-refractivity contribution in [3.63, 3.8) is 0 Å². The lowest BCUT2D eigenvalue weighted by molar-refractivity contribution is -0.187. The van der Waals surface area contributed by atoms with Crippen LogP contribution in [0, 0.1) is 13.8 Å². The Hall–Kier alpha value is -2.96. The van der Waals surface area contributed by atoms with Crippen LogP contribution >= 0.6 is 0 Å². The molecule has 136 valence electrons. The van der Waals surface area contributed by atoms with Crippen molar-refractivity contribution in [3.05, 3.63) is 58.7 Å². The van der Waals surface area contributed by atoms with E-state index in [-0.39, 0.29) is 17.1 Å². The molecule has 0 saturated carbocycles. The van der Waals surface area contributed by atoms with E-state index in [1.54, 1.807) is 12.1 Å². The molecule has 1 heterocycles. The van der Waals surface area contributed by atoms with Crippen LogP contribution in [0.25, 0.3) is 6.08 Å². The lowest BCUT2D eigenvalue weighted by Crippen LogP contribution is -2.40. The third-order valence-corrected chi connectivity index (χ3v) is 3.96. The van der Waals surface area contributed by atoms with Crippen molar-refractivity contribution in [2.45, 2.75) is 26.1 Å². The van der Waals surface area contributed by atoms with Gasteiger partial charge in [-0.1, -0.05) is 18.2 Å². The number of benzene rings is 2. The van der Waals surface area contributed by atoms with Gasteiger partial charge in [0.15, 0.2) is 0 Å². The van der Waals surface area contributed by atoms with Crippen molar-refractivity contribution in [3.8, 4) is 17.2 Å². The van der Waals surface area contributed by atoms with Gasteiger partial charge in [0, 0.05) is 0 Å². The number of aryl methyl sites for hydroxylation is 2. The topological polar surface area (TPSA) is 55.8 Å². The van der Waals surface area contributed by atoms with E-state index < -0.39 is 23.8 Å². The number of fused-ring (bicyclic) bond motifs is 1. The molecule has 0 spiro atoms. The van der Waals surface area contributed by atoms with Gasteiger partial charge in [-0.05, 0) is 49.2 Å². The summed E-state index contributed by atoms with van der Waals surface area (Å²) in [5, 5.41) is 9.17. The van der Waals surface area contributed by atoms with Gasteiger partial charge >= 0.3 is 12.1 Å². The van der Waals surface area contributed by atoms with Gasteiger partial charge < -0.3 is 14.6 Å². The molecule has 0 bridgehead atoms. The zero-order valence-corrected chi connectivity index (χ0v) is 13.9. The van der Waals surface area contributed by atoms with Gasteiger partial charge in [-0.2, -0.15) is 13.2 Å². The summed E-state index contributed by atoms with van der Waals surface area (Å²) in [5.74, 6) is -1.03. The van der Waals surface area contributed by atoms with Crippen LogP contribution in [0.2, 0.25) is 0 Å². The van der Waals surface area contributed by atoms with Crippen LogP contribution in [0.1, 0.15) is 16.7 Å². The molecule has 2 aromatic carbocycles. The zero-order chi connectivity index (χ0) is 19.1. The maximum Gasteiger partial charge on any atom is 0.430 e. The predicted octanol–water partition coefficient (Wildman–Crippen LogP) is 4.89. The molecule has 0 aromatic heterocycles. The molecule has 2 aromatic rings. The van der Waals surface area contributed by atoms with E-state index in [4.69, 9.17) is 14.6 Å². The molecule has 0 aliphatic carbocycles. The molecular formula is C19H15F3O4. The Morgan fingerprint density at radius 2 is 1.88 bits per heavy atom. The first kappa shape index (κ1) is 17.8. The Kier molecular flexibility index (Phi) is 4.39. The van der Waals surface area contributed by atoms with Gasteiger partial charge in [0.05, 0.1) is 11.1 Å². The summed E-state index contributed by atoms with van der Waals surface area (Å²) in [5.41, 5.74) is 1.06. The Morgan fingerprint density at radius 1 is 1.15 bits per heavy atom. The molecule has 7 heteroatoms. The number of hydrogen-bond donors (Lipinski definition) is 1. The van der Waals surface area contributed by atoms with Crippen LogP contribution < -0.4 is 9.47 Å². The standard InChI is InChI=1S/C19H15F3O4/c1-10-6-7-11(2)16(8-10)25-14-4-3-5-15-12(14)9-13(18(23)24)17(26-15)19(20,21)22/h3-9,17H,1-2H3,(H,23,24). The quantitative estimate of drug-likeness (QED) is 0.843. The van der Waals surface area contributed by atoms with Gasteiger partial charge in [0.2, 0.25) is 6.10 Å². The van der Waals surface area contributed by atoms with Gasteiger partial charge in [-0.3, -0.25) is 0 Å². The Balaban J connectivity index is 2.07. The summed E-state index contributed by atoms with van der Waals surface area (Å²) in [6.07, 6.45) is -6.41. The molecule has 1 aliphatic heterocycles. The minimum Gasteiger partial charge on any atom is -0.478 e. The van der Waals surface area contributed by atoms with Gasteiger partial charge in [-0.15, -0.1) is 0 Å². The van der Waals surface area contributed by atoms with Crippen molar-refractivity contribution in [1.29, 1.82) is 0 Å². The fraction of sp³-hybridized carbons (Fsp3) is 0.211. The van der Waals surface area contributed by atoms with E-state index in [1.807, 2.05) is 26.0 Å². The SMILES string of the molecule is Cc1ccc(C)c(Oc2cccc3c2C=C(C(=O)O)C(C(F)(F)F)O3)c1. The number of hydrogen-bond acceptors (Lipinski definition) is 3. The number of carbonyl (C=O) groups is 1. The fourth-order valence-electron chi connectivity index (χ4n) is 2.63. The van der Waals surface area contributed by atoms with Crippen molar-refractivity contribution in [2.24, 2.45) is 0 Å². The van der Waals surface area contributed by atoms with E-state index in [2.05, 4.69) is 0 Å². The highest BCUT2D eigenvalue weighted by atomic mass is 19.4.